The van der Waals surface area contributed by atoms with Crippen LogP contribution in [0.5, 0.6) is 0 Å². The first kappa shape index (κ1) is 9.65. The van der Waals surface area contributed by atoms with Crippen molar-refractivity contribution < 1.29 is 14.3 Å². The smallest absolute Gasteiger partial charge is 0.228 e. The molecule has 2 heterocycles. The van der Waals surface area contributed by atoms with Crippen LogP contribution in [0.4, 0.5) is 0 Å². The zero-order valence-corrected chi connectivity index (χ0v) is 8.34. The van der Waals surface area contributed by atoms with Crippen molar-refractivity contribution in [2.75, 3.05) is 13.2 Å². The normalized spacial score (nSPS) is 37.6. The molecule has 2 saturated heterocycles. The molecule has 0 aliphatic carbocycles. The van der Waals surface area contributed by atoms with Crippen LogP contribution in [0.1, 0.15) is 26.2 Å². The van der Waals surface area contributed by atoms with Crippen molar-refractivity contribution in [3.8, 4) is 0 Å². The number of hydrogen-bond acceptors (Lipinski definition) is 3. The lowest BCUT2D eigenvalue weighted by Gasteiger charge is -2.31. The number of ether oxygens (including phenoxy) is 1. The molecule has 0 aromatic rings. The Morgan fingerprint density at radius 1 is 1.57 bits per heavy atom. The Kier molecular flexibility index (Phi) is 2.31. The molecule has 2 aliphatic heterocycles. The topological polar surface area (TPSA) is 55.4 Å². The molecule has 14 heavy (non-hydrogen) atoms. The Morgan fingerprint density at radius 2 is 2.36 bits per heavy atom. The number of rotatable bonds is 2. The molecule has 4 nitrogen and oxygen atoms in total. The van der Waals surface area contributed by atoms with E-state index < -0.39 is 5.54 Å². The molecule has 4 heteroatoms. The van der Waals surface area contributed by atoms with Gasteiger partial charge in [-0.2, -0.15) is 0 Å². The van der Waals surface area contributed by atoms with Crippen molar-refractivity contribution in [1.29, 1.82) is 0 Å². The van der Waals surface area contributed by atoms with Crippen LogP contribution in [0.2, 0.25) is 0 Å². The minimum absolute atomic E-state index is 0.0421. The van der Waals surface area contributed by atoms with Crippen molar-refractivity contribution in [1.82, 2.24) is 5.32 Å². The van der Waals surface area contributed by atoms with Gasteiger partial charge in [-0.05, 0) is 12.8 Å². The van der Waals surface area contributed by atoms with Gasteiger partial charge < -0.3 is 10.1 Å². The number of nitrogens with one attached hydrogen (secondary N) is 1. The third-order valence-corrected chi connectivity index (χ3v) is 3.37. The first-order chi connectivity index (χ1) is 6.69. The Balaban J connectivity index is 2.24. The third kappa shape index (κ3) is 1.25. The Bertz CT molecular complexity index is 271. The van der Waals surface area contributed by atoms with Gasteiger partial charge in [-0.1, -0.05) is 6.92 Å². The van der Waals surface area contributed by atoms with E-state index in [9.17, 15) is 9.59 Å². The predicted molar refractivity (Wildman–Crippen MR) is 49.7 cm³/mol. The summed E-state index contributed by atoms with van der Waals surface area (Å²) < 4.78 is 5.28. The molecule has 0 spiro atoms. The monoisotopic (exact) mass is 197 g/mol. The minimum Gasteiger partial charge on any atom is -0.381 e. The van der Waals surface area contributed by atoms with Gasteiger partial charge in [-0.15, -0.1) is 0 Å². The summed E-state index contributed by atoms with van der Waals surface area (Å²) in [6, 6.07) is 0. The van der Waals surface area contributed by atoms with Gasteiger partial charge in [-0.3, -0.25) is 9.59 Å². The van der Waals surface area contributed by atoms with E-state index in [1.54, 1.807) is 0 Å². The zero-order valence-electron chi connectivity index (χ0n) is 8.34. The average Bonchev–Trinajstić information content (AvgIpc) is 2.73. The standard InChI is InChI=1S/C10H15NO3/c1-2-10(7-3-4-14-6-7)8(12)5-9(13)11-10/h7H,2-6H2,1H3,(H,11,13). The van der Waals surface area contributed by atoms with Crippen LogP contribution in [0.15, 0.2) is 0 Å². The maximum Gasteiger partial charge on any atom is 0.228 e. The molecule has 2 atom stereocenters. The fraction of sp³-hybridized carbons (Fsp3) is 0.800. The van der Waals surface area contributed by atoms with Crippen molar-refractivity contribution in [3.63, 3.8) is 0 Å². The highest BCUT2D eigenvalue weighted by Gasteiger charge is 2.50. The second-order valence-electron chi connectivity index (χ2n) is 4.03. The van der Waals surface area contributed by atoms with Crippen molar-refractivity contribution >= 4 is 11.7 Å². The minimum atomic E-state index is -0.617. The highest BCUT2D eigenvalue weighted by molar-refractivity contribution is 6.10. The quantitative estimate of drug-likeness (QED) is 0.646. The van der Waals surface area contributed by atoms with Crippen molar-refractivity contribution in [3.05, 3.63) is 0 Å². The summed E-state index contributed by atoms with van der Waals surface area (Å²) in [5.41, 5.74) is -0.617. The van der Waals surface area contributed by atoms with Gasteiger partial charge in [0.1, 0.15) is 5.54 Å². The van der Waals surface area contributed by atoms with Gasteiger partial charge in [0.2, 0.25) is 5.91 Å². The van der Waals surface area contributed by atoms with Gasteiger partial charge in [0.05, 0.1) is 13.0 Å². The fourth-order valence-electron chi connectivity index (χ4n) is 2.49. The van der Waals surface area contributed by atoms with Crippen LogP contribution in [0.3, 0.4) is 0 Å². The van der Waals surface area contributed by atoms with Crippen LogP contribution in [0.25, 0.3) is 0 Å². The average molecular weight is 197 g/mol. The maximum atomic E-state index is 11.8. The lowest BCUT2D eigenvalue weighted by molar-refractivity contribution is -0.124. The molecule has 1 amide bonds. The van der Waals surface area contributed by atoms with Crippen LogP contribution in [0, 0.1) is 5.92 Å². The molecule has 0 aromatic heterocycles. The first-order valence-corrected chi connectivity index (χ1v) is 5.11. The number of amides is 1. The predicted octanol–water partition coefficient (Wildman–Crippen LogP) is 0.261. The number of carbonyl (C=O) groups excluding carboxylic acids is 2. The lowest BCUT2D eigenvalue weighted by Crippen LogP contribution is -2.52. The number of ketones is 1. The second-order valence-corrected chi connectivity index (χ2v) is 4.03. The molecular weight excluding hydrogens is 182 g/mol. The fourth-order valence-corrected chi connectivity index (χ4v) is 2.49. The molecule has 0 radical (unpaired) electrons. The van der Waals surface area contributed by atoms with Gasteiger partial charge >= 0.3 is 0 Å². The van der Waals surface area contributed by atoms with Crippen LogP contribution < -0.4 is 5.32 Å². The maximum absolute atomic E-state index is 11.8. The highest BCUT2D eigenvalue weighted by atomic mass is 16.5. The molecule has 2 unspecified atom stereocenters. The van der Waals surface area contributed by atoms with E-state index in [-0.39, 0.29) is 24.0 Å². The number of hydrogen-bond donors (Lipinski definition) is 1. The summed E-state index contributed by atoms with van der Waals surface area (Å²) in [5, 5.41) is 2.84. The molecule has 2 fully saturated rings. The molecule has 0 aromatic carbocycles. The molecule has 78 valence electrons. The third-order valence-electron chi connectivity index (χ3n) is 3.37. The van der Waals surface area contributed by atoms with E-state index in [1.807, 2.05) is 6.92 Å². The second kappa shape index (κ2) is 3.35. The summed E-state index contributed by atoms with van der Waals surface area (Å²) in [6.07, 6.45) is 1.59. The van der Waals surface area contributed by atoms with Crippen molar-refractivity contribution in [2.24, 2.45) is 5.92 Å². The Labute approximate surface area is 83.0 Å². The van der Waals surface area contributed by atoms with E-state index in [1.165, 1.54) is 0 Å². The first-order valence-electron chi connectivity index (χ1n) is 5.11. The molecule has 0 bridgehead atoms. The largest absolute Gasteiger partial charge is 0.381 e. The lowest BCUT2D eigenvalue weighted by atomic mass is 9.79. The molecule has 2 aliphatic rings. The van der Waals surface area contributed by atoms with Crippen LogP contribution in [-0.4, -0.2) is 30.4 Å². The van der Waals surface area contributed by atoms with Gasteiger partial charge in [0.15, 0.2) is 5.78 Å². The van der Waals surface area contributed by atoms with E-state index in [4.69, 9.17) is 4.74 Å². The summed E-state index contributed by atoms with van der Waals surface area (Å²) in [7, 11) is 0. The Hall–Kier alpha value is -0.900. The number of carbonyl (C=O) groups is 2. The zero-order chi connectivity index (χ0) is 10.2. The Morgan fingerprint density at radius 3 is 2.79 bits per heavy atom. The van der Waals surface area contributed by atoms with Crippen LogP contribution in [-0.2, 0) is 14.3 Å². The van der Waals surface area contributed by atoms with E-state index in [0.717, 1.165) is 6.42 Å². The van der Waals surface area contributed by atoms with Gasteiger partial charge in [0, 0.05) is 12.5 Å². The van der Waals surface area contributed by atoms with Crippen LogP contribution >= 0.6 is 0 Å². The molecular formula is C10H15NO3. The summed E-state index contributed by atoms with van der Waals surface area (Å²) in [4.78, 5) is 23.0. The van der Waals surface area contributed by atoms with Gasteiger partial charge in [0.25, 0.3) is 0 Å². The van der Waals surface area contributed by atoms with Gasteiger partial charge in [-0.25, -0.2) is 0 Å². The molecule has 1 N–H and O–H groups in total. The van der Waals surface area contributed by atoms with E-state index in [2.05, 4.69) is 5.32 Å². The number of Topliss-reactive ketones (excluding diaryl/α,β-unsaturated/α-hetero) is 1. The molecule has 2 rings (SSSR count). The summed E-state index contributed by atoms with van der Waals surface area (Å²) in [5.74, 6) is 0.0794. The highest BCUT2D eigenvalue weighted by Crippen LogP contribution is 2.33. The van der Waals surface area contributed by atoms with E-state index >= 15 is 0 Å². The summed E-state index contributed by atoms with van der Waals surface area (Å²) in [6.45, 7) is 3.25. The SMILES string of the molecule is CCC1(C2CCOC2)NC(=O)CC1=O. The van der Waals surface area contributed by atoms with E-state index in [0.29, 0.717) is 19.6 Å². The summed E-state index contributed by atoms with van der Waals surface area (Å²) >= 11 is 0. The molecule has 0 saturated carbocycles. The van der Waals surface area contributed by atoms with Crippen molar-refractivity contribution in [2.45, 2.75) is 31.7 Å².